The molecule has 2 heterocycles. The van der Waals surface area contributed by atoms with Gasteiger partial charge in [0.1, 0.15) is 33.7 Å². The third-order valence-corrected chi connectivity index (χ3v) is 10.7. The number of imidazole rings is 1. The Balaban J connectivity index is 1.37. The van der Waals surface area contributed by atoms with Gasteiger partial charge in [-0.3, -0.25) is 8.95 Å². The number of hydrogen-bond donors (Lipinski definition) is 4. The molecule has 23 heteroatoms. The number of nitriles is 1. The Morgan fingerprint density at radius 1 is 0.852 bits per heavy atom. The van der Waals surface area contributed by atoms with Crippen molar-refractivity contribution >= 4 is 85.0 Å². The number of para-hydroxylation sites is 2. The van der Waals surface area contributed by atoms with Crippen LogP contribution in [0.25, 0.3) is 16.7 Å². The maximum atomic E-state index is 12.5. The fourth-order valence-corrected chi connectivity index (χ4v) is 7.26. The molecule has 4 N–H and O–H groups in total. The van der Waals surface area contributed by atoms with Crippen LogP contribution in [0.2, 0.25) is 0 Å². The van der Waals surface area contributed by atoms with Crippen molar-refractivity contribution in [2.24, 2.45) is 30.7 Å². The molecule has 20 nitrogen and oxygen atoms in total. The minimum atomic E-state index is -4.82. The maximum Gasteiger partial charge on any atom is 0.296 e. The summed E-state index contributed by atoms with van der Waals surface area (Å²) in [4.78, 5) is 4.64. The Bertz CT molecular complexity index is 2810. The van der Waals surface area contributed by atoms with Crippen LogP contribution in [0, 0.1) is 18.3 Å². The van der Waals surface area contributed by atoms with E-state index >= 15 is 0 Å². The van der Waals surface area contributed by atoms with Crippen LogP contribution in [0.4, 0.5) is 34.1 Å². The molecule has 4 aromatic carbocycles. The average Bonchev–Trinajstić information content (AvgIpc) is 3.63. The van der Waals surface area contributed by atoms with Gasteiger partial charge in [0, 0.05) is 34.3 Å². The minimum Gasteiger partial charge on any atom is -0.493 e. The lowest BCUT2D eigenvalue weighted by Crippen LogP contribution is -2.15. The highest BCUT2D eigenvalue weighted by Gasteiger charge is 2.30. The first-order valence-corrected chi connectivity index (χ1v) is 20.9. The van der Waals surface area contributed by atoms with E-state index in [0.29, 0.717) is 44.9 Å². The SMILES string of the molecule is Cc1cc(N=Nc2c(C(C)(C)C)c(C#N)c3nc4ccccc4n3c2O)c(OCCCSOOO)cc1N=Nc1ccc(N=Nc2ccc(SOOO)cc2)cc1S(=O)(=O)O. The summed E-state index contributed by atoms with van der Waals surface area (Å²) in [5.41, 5.74) is 2.62. The third kappa shape index (κ3) is 10.7. The Kier molecular flexibility index (Phi) is 14.4. The van der Waals surface area contributed by atoms with Gasteiger partial charge in [-0.1, -0.05) is 43.0 Å². The first kappa shape index (κ1) is 44.6. The van der Waals surface area contributed by atoms with Crippen LogP contribution in [0.15, 0.2) is 119 Å². The number of pyridine rings is 1. The molecule has 0 atom stereocenters. The zero-order valence-electron chi connectivity index (χ0n) is 32.5. The number of ether oxygens (including phenoxy) is 1. The molecule has 0 aliphatic rings. The minimum absolute atomic E-state index is 0.0437. The third-order valence-electron chi connectivity index (χ3n) is 8.57. The summed E-state index contributed by atoms with van der Waals surface area (Å²) in [5.74, 6) is 0.261. The largest absolute Gasteiger partial charge is 0.493 e. The normalized spacial score (nSPS) is 12.4. The van der Waals surface area contributed by atoms with Gasteiger partial charge in [-0.25, -0.2) is 15.5 Å². The molecule has 0 radical (unpaired) electrons. The number of nitrogens with zero attached hydrogens (tertiary/aromatic N) is 9. The van der Waals surface area contributed by atoms with Gasteiger partial charge in [0.2, 0.25) is 5.88 Å². The molecule has 0 spiro atoms. The van der Waals surface area contributed by atoms with Gasteiger partial charge in [-0.2, -0.15) is 29.0 Å². The molecule has 0 aliphatic carbocycles. The molecule has 0 saturated heterocycles. The van der Waals surface area contributed by atoms with Gasteiger partial charge in [0.15, 0.2) is 11.3 Å². The van der Waals surface area contributed by atoms with Crippen molar-refractivity contribution in [3.05, 3.63) is 95.6 Å². The van der Waals surface area contributed by atoms with Gasteiger partial charge in [0.25, 0.3) is 10.1 Å². The first-order chi connectivity index (χ1) is 29.2. The maximum absolute atomic E-state index is 12.5. The van der Waals surface area contributed by atoms with Gasteiger partial charge < -0.3 is 9.84 Å². The average molecular weight is 890 g/mol. The summed E-state index contributed by atoms with van der Waals surface area (Å²) in [6.45, 7) is 7.45. The second-order valence-electron chi connectivity index (χ2n) is 13.8. The highest BCUT2D eigenvalue weighted by molar-refractivity contribution is 7.94. The van der Waals surface area contributed by atoms with E-state index in [4.69, 9.17) is 15.3 Å². The predicted molar refractivity (Wildman–Crippen MR) is 222 cm³/mol. The molecule has 6 aromatic rings. The fourth-order valence-electron chi connectivity index (χ4n) is 5.91. The zero-order chi connectivity index (χ0) is 43.7. The number of aromatic nitrogens is 2. The molecular weight excluding hydrogens is 855 g/mol. The van der Waals surface area contributed by atoms with Crippen LogP contribution >= 0.6 is 24.1 Å². The summed E-state index contributed by atoms with van der Waals surface area (Å²) < 4.78 is 51.4. The number of hydrogen-bond acceptors (Lipinski definition) is 20. The lowest BCUT2D eigenvalue weighted by atomic mass is 9.83. The molecule has 0 amide bonds. The van der Waals surface area contributed by atoms with E-state index in [9.17, 15) is 23.3 Å². The van der Waals surface area contributed by atoms with Crippen molar-refractivity contribution < 1.29 is 52.1 Å². The fraction of sp³-hybridized carbons (Fsp3) is 0.211. The molecule has 0 fully saturated rings. The number of azo groups is 3. The van der Waals surface area contributed by atoms with Crippen LogP contribution < -0.4 is 4.74 Å². The van der Waals surface area contributed by atoms with E-state index in [1.54, 1.807) is 61.5 Å². The highest BCUT2D eigenvalue weighted by atomic mass is 32.2. The Morgan fingerprint density at radius 2 is 1.54 bits per heavy atom. The molecule has 6 rings (SSSR count). The van der Waals surface area contributed by atoms with E-state index in [2.05, 4.69) is 60.5 Å². The Morgan fingerprint density at radius 3 is 2.25 bits per heavy atom. The van der Waals surface area contributed by atoms with Crippen LogP contribution in [0.1, 0.15) is 43.9 Å². The van der Waals surface area contributed by atoms with Crippen molar-refractivity contribution in [1.82, 2.24) is 9.38 Å². The Hall–Kier alpha value is -5.91. The lowest BCUT2D eigenvalue weighted by molar-refractivity contribution is -0.432. The molecular formula is C38H35N9O11S3. The number of fused-ring (bicyclic) bond motifs is 3. The molecule has 0 saturated carbocycles. The van der Waals surface area contributed by atoms with Crippen LogP contribution in [-0.2, 0) is 34.3 Å². The monoisotopic (exact) mass is 889 g/mol. The van der Waals surface area contributed by atoms with E-state index in [1.165, 1.54) is 22.6 Å². The first-order valence-electron chi connectivity index (χ1n) is 17.8. The topological polar surface area (TPSA) is 276 Å². The van der Waals surface area contributed by atoms with E-state index in [1.807, 2.05) is 20.8 Å². The molecule has 2 aromatic heterocycles. The standard InChI is InChI=1S/C38H35N9O11S3/c1-22-18-30(45-46-35-34(38(2,3)4)26(21-39)36-40-27-8-5-6-9-31(27)47(36)37(35)48)32(54-16-7-17-59-57-55-49)20-29(22)44-43-28-15-12-24(19-33(28)61(51,52)53)42-41-23-10-13-25(14-11-23)60-58-56-50/h5-6,8-15,18-20,48-50H,7,16-17H2,1-4H3,(H,51,52,53). The highest BCUT2D eigenvalue weighted by Crippen LogP contribution is 2.45. The zero-order valence-corrected chi connectivity index (χ0v) is 35.0. The molecule has 316 valence electrons. The molecule has 0 bridgehead atoms. The van der Waals surface area contributed by atoms with E-state index < -0.39 is 20.4 Å². The van der Waals surface area contributed by atoms with Crippen LogP contribution in [0.3, 0.4) is 0 Å². The molecule has 0 aliphatic heterocycles. The predicted octanol–water partition coefficient (Wildman–Crippen LogP) is 11.4. The molecule has 0 unspecified atom stereocenters. The quantitative estimate of drug-likeness (QED) is 0.0165. The van der Waals surface area contributed by atoms with Crippen molar-refractivity contribution in [2.45, 2.75) is 49.3 Å². The lowest BCUT2D eigenvalue weighted by Gasteiger charge is -2.23. The number of aromatic hydroxyl groups is 1. The second-order valence-corrected chi connectivity index (χ2v) is 16.7. The van der Waals surface area contributed by atoms with E-state index in [0.717, 1.165) is 30.2 Å². The van der Waals surface area contributed by atoms with Gasteiger partial charge in [-0.05, 0) is 85.0 Å². The van der Waals surface area contributed by atoms with Crippen molar-refractivity contribution in [1.29, 1.82) is 5.26 Å². The van der Waals surface area contributed by atoms with Crippen LogP contribution in [-0.4, -0.2) is 50.3 Å². The van der Waals surface area contributed by atoms with Crippen molar-refractivity contribution in [2.75, 3.05) is 12.4 Å². The van der Waals surface area contributed by atoms with Crippen LogP contribution in [0.5, 0.6) is 11.6 Å². The van der Waals surface area contributed by atoms with Gasteiger partial charge in [0.05, 0.1) is 46.7 Å². The molecule has 61 heavy (non-hydrogen) atoms. The van der Waals surface area contributed by atoms with E-state index in [-0.39, 0.29) is 57.9 Å². The van der Waals surface area contributed by atoms with Gasteiger partial charge in [-0.15, -0.1) is 24.0 Å². The summed E-state index contributed by atoms with van der Waals surface area (Å²) in [6.07, 6.45) is 0.418. The number of benzene rings is 4. The number of aryl methyl sites for hydroxylation is 1. The number of rotatable bonds is 17. The summed E-state index contributed by atoms with van der Waals surface area (Å²) in [5, 5.41) is 71.7. The summed E-state index contributed by atoms with van der Waals surface area (Å²) in [6, 6.07) is 22.7. The Labute approximate surface area is 356 Å². The smallest absolute Gasteiger partial charge is 0.296 e. The summed E-state index contributed by atoms with van der Waals surface area (Å²) in [7, 11) is -4.82. The van der Waals surface area contributed by atoms with Crippen molar-refractivity contribution in [3.63, 3.8) is 0 Å². The van der Waals surface area contributed by atoms with Gasteiger partial charge >= 0.3 is 0 Å². The summed E-state index contributed by atoms with van der Waals surface area (Å²) >= 11 is 1.60. The second kappa shape index (κ2) is 19.6. The van der Waals surface area contributed by atoms with Crippen molar-refractivity contribution in [3.8, 4) is 17.7 Å².